The Morgan fingerprint density at radius 2 is 2.20 bits per heavy atom. The molecule has 56 valence electrons. The second kappa shape index (κ2) is 5.45. The standard InChI is InChI=1S/C5H3ClOS.C2H6/c6-5(7)4-2-1-3-8-4;1-2/h1-3H;1-2H3. The molecule has 0 unspecified atom stereocenters. The van der Waals surface area contributed by atoms with Crippen LogP contribution in [0.4, 0.5) is 0 Å². The number of halogens is 1. The van der Waals surface area contributed by atoms with E-state index in [1.165, 1.54) is 11.3 Å². The third-order valence-corrected chi connectivity index (χ3v) is 1.90. The Hall–Kier alpha value is -0.340. The summed E-state index contributed by atoms with van der Waals surface area (Å²) in [6.07, 6.45) is 0. The molecule has 3 heteroatoms. The van der Waals surface area contributed by atoms with Crippen molar-refractivity contribution in [1.82, 2.24) is 0 Å². The van der Waals surface area contributed by atoms with Crippen molar-refractivity contribution >= 4 is 28.2 Å². The van der Waals surface area contributed by atoms with Crippen molar-refractivity contribution in [3.63, 3.8) is 0 Å². The lowest BCUT2D eigenvalue weighted by atomic mass is 10.5. The van der Waals surface area contributed by atoms with Crippen molar-refractivity contribution in [3.8, 4) is 0 Å². The van der Waals surface area contributed by atoms with E-state index in [0.717, 1.165) is 0 Å². The fourth-order valence-electron chi connectivity index (χ4n) is 0.390. The fourth-order valence-corrected chi connectivity index (χ4v) is 1.14. The van der Waals surface area contributed by atoms with E-state index in [4.69, 9.17) is 11.6 Å². The Balaban J connectivity index is 0.000000371. The zero-order chi connectivity index (χ0) is 7.98. The van der Waals surface area contributed by atoms with Crippen LogP contribution in [0.5, 0.6) is 0 Å². The summed E-state index contributed by atoms with van der Waals surface area (Å²) in [5.41, 5.74) is 0. The van der Waals surface area contributed by atoms with Crippen LogP contribution in [-0.2, 0) is 0 Å². The van der Waals surface area contributed by atoms with Gasteiger partial charge in [0.1, 0.15) is 0 Å². The highest BCUT2D eigenvalue weighted by Crippen LogP contribution is 2.10. The molecular weight excluding hydrogens is 168 g/mol. The third-order valence-electron chi connectivity index (χ3n) is 0.715. The van der Waals surface area contributed by atoms with Gasteiger partial charge in [0.25, 0.3) is 5.24 Å². The molecule has 0 saturated carbocycles. The summed E-state index contributed by atoms with van der Waals surface area (Å²) in [6, 6.07) is 3.49. The number of carbonyl (C=O) groups is 1. The minimum atomic E-state index is -0.375. The molecule has 1 rings (SSSR count). The van der Waals surface area contributed by atoms with Crippen molar-refractivity contribution in [3.05, 3.63) is 22.4 Å². The van der Waals surface area contributed by atoms with Crippen LogP contribution >= 0.6 is 22.9 Å². The van der Waals surface area contributed by atoms with Gasteiger partial charge in [0.05, 0.1) is 4.88 Å². The lowest BCUT2D eigenvalue weighted by Crippen LogP contribution is -1.78. The maximum atomic E-state index is 10.3. The summed E-state index contributed by atoms with van der Waals surface area (Å²) in [6.45, 7) is 4.00. The van der Waals surface area contributed by atoms with Crippen molar-refractivity contribution in [2.45, 2.75) is 13.8 Å². The molecule has 1 aromatic heterocycles. The minimum Gasteiger partial charge on any atom is -0.275 e. The van der Waals surface area contributed by atoms with Crippen molar-refractivity contribution in [1.29, 1.82) is 0 Å². The predicted octanol–water partition coefficient (Wildman–Crippen LogP) is 3.15. The largest absolute Gasteiger partial charge is 0.275 e. The summed E-state index contributed by atoms with van der Waals surface area (Å²) in [4.78, 5) is 10.9. The van der Waals surface area contributed by atoms with Crippen LogP contribution in [0.25, 0.3) is 0 Å². The fraction of sp³-hybridized carbons (Fsp3) is 0.286. The molecule has 0 spiro atoms. The normalized spacial score (nSPS) is 7.90. The second-order valence-corrected chi connectivity index (χ2v) is 2.54. The molecule has 10 heavy (non-hydrogen) atoms. The number of carbonyl (C=O) groups excluding carboxylic acids is 1. The van der Waals surface area contributed by atoms with E-state index < -0.39 is 0 Å². The van der Waals surface area contributed by atoms with E-state index in [1.807, 2.05) is 19.2 Å². The van der Waals surface area contributed by atoms with E-state index in [2.05, 4.69) is 0 Å². The zero-order valence-corrected chi connectivity index (χ0v) is 7.50. The molecule has 0 amide bonds. The quantitative estimate of drug-likeness (QED) is 0.601. The summed E-state index contributed by atoms with van der Waals surface area (Å²) < 4.78 is 0. The average molecular weight is 177 g/mol. The van der Waals surface area contributed by atoms with E-state index in [1.54, 1.807) is 12.1 Å². The number of thiophene rings is 1. The molecule has 0 bridgehead atoms. The molecule has 0 aromatic carbocycles. The van der Waals surface area contributed by atoms with Gasteiger partial charge in [0.2, 0.25) is 0 Å². The smallest absolute Gasteiger partial charge is 0.262 e. The van der Waals surface area contributed by atoms with Gasteiger partial charge in [-0.05, 0) is 23.0 Å². The lowest BCUT2D eigenvalue weighted by molar-refractivity contribution is 0.108. The third kappa shape index (κ3) is 2.99. The zero-order valence-electron chi connectivity index (χ0n) is 5.93. The second-order valence-electron chi connectivity index (χ2n) is 1.25. The Bertz CT molecular complexity index is 181. The Labute approximate surface area is 69.6 Å². The van der Waals surface area contributed by atoms with E-state index in [-0.39, 0.29) is 5.24 Å². The molecule has 0 fully saturated rings. The van der Waals surface area contributed by atoms with Gasteiger partial charge in [0, 0.05) is 0 Å². The molecular formula is C7H9ClOS. The molecule has 1 aromatic rings. The summed E-state index contributed by atoms with van der Waals surface area (Å²) in [7, 11) is 0. The molecule has 0 aliphatic heterocycles. The van der Waals surface area contributed by atoms with Crippen molar-refractivity contribution < 1.29 is 4.79 Å². The Morgan fingerprint density at radius 3 is 2.40 bits per heavy atom. The van der Waals surface area contributed by atoms with Crippen LogP contribution in [-0.4, -0.2) is 5.24 Å². The van der Waals surface area contributed by atoms with Crippen LogP contribution in [0.15, 0.2) is 17.5 Å². The Morgan fingerprint density at radius 1 is 1.60 bits per heavy atom. The van der Waals surface area contributed by atoms with Crippen LogP contribution in [0.1, 0.15) is 23.5 Å². The topological polar surface area (TPSA) is 17.1 Å². The van der Waals surface area contributed by atoms with Crippen LogP contribution in [0.3, 0.4) is 0 Å². The molecule has 0 aliphatic carbocycles. The maximum absolute atomic E-state index is 10.3. The lowest BCUT2D eigenvalue weighted by Gasteiger charge is -1.76. The molecule has 0 N–H and O–H groups in total. The van der Waals surface area contributed by atoms with Gasteiger partial charge < -0.3 is 0 Å². The molecule has 0 aliphatic rings. The summed E-state index contributed by atoms with van der Waals surface area (Å²) in [5.74, 6) is 0. The van der Waals surface area contributed by atoms with Gasteiger partial charge in [-0.3, -0.25) is 4.79 Å². The van der Waals surface area contributed by atoms with Gasteiger partial charge in [0.15, 0.2) is 0 Å². The average Bonchev–Trinajstić information content (AvgIpc) is 2.42. The highest BCUT2D eigenvalue weighted by atomic mass is 35.5. The van der Waals surface area contributed by atoms with Crippen LogP contribution in [0.2, 0.25) is 0 Å². The van der Waals surface area contributed by atoms with Gasteiger partial charge in [-0.25, -0.2) is 0 Å². The SMILES string of the molecule is CC.O=C(Cl)c1cccs1. The highest BCUT2D eigenvalue weighted by molar-refractivity contribution is 7.13. The first kappa shape index (κ1) is 9.66. The van der Waals surface area contributed by atoms with E-state index in [9.17, 15) is 4.79 Å². The van der Waals surface area contributed by atoms with Crippen LogP contribution in [0, 0.1) is 0 Å². The van der Waals surface area contributed by atoms with Crippen LogP contribution < -0.4 is 0 Å². The van der Waals surface area contributed by atoms with Gasteiger partial charge in [-0.2, -0.15) is 0 Å². The molecule has 0 radical (unpaired) electrons. The minimum absolute atomic E-state index is 0.375. The first-order valence-corrected chi connectivity index (χ1v) is 4.30. The van der Waals surface area contributed by atoms with Crippen molar-refractivity contribution in [2.75, 3.05) is 0 Å². The summed E-state index contributed by atoms with van der Waals surface area (Å²) in [5, 5.41) is 1.44. The number of hydrogen-bond acceptors (Lipinski definition) is 2. The monoisotopic (exact) mass is 176 g/mol. The van der Waals surface area contributed by atoms with Crippen molar-refractivity contribution in [2.24, 2.45) is 0 Å². The molecule has 1 heterocycles. The number of hydrogen-bond donors (Lipinski definition) is 0. The molecule has 0 atom stereocenters. The maximum Gasteiger partial charge on any atom is 0.262 e. The van der Waals surface area contributed by atoms with Gasteiger partial charge in [-0.15, -0.1) is 11.3 Å². The molecule has 0 saturated heterocycles. The van der Waals surface area contributed by atoms with Gasteiger partial charge >= 0.3 is 0 Å². The Kier molecular flexibility index (Phi) is 5.26. The predicted molar refractivity (Wildman–Crippen MR) is 45.9 cm³/mol. The van der Waals surface area contributed by atoms with E-state index >= 15 is 0 Å². The highest BCUT2D eigenvalue weighted by Gasteiger charge is 1.98. The van der Waals surface area contributed by atoms with Gasteiger partial charge in [-0.1, -0.05) is 19.9 Å². The number of rotatable bonds is 1. The first-order valence-electron chi connectivity index (χ1n) is 3.04. The molecule has 1 nitrogen and oxygen atoms in total. The van der Waals surface area contributed by atoms with E-state index in [0.29, 0.717) is 4.88 Å². The first-order chi connectivity index (χ1) is 4.80. The summed E-state index contributed by atoms with van der Waals surface area (Å²) >= 11 is 6.47.